The zero-order valence-electron chi connectivity index (χ0n) is 19.2. The number of ether oxygens (including phenoxy) is 3. The molecule has 0 radical (unpaired) electrons. The Morgan fingerprint density at radius 1 is 1.00 bits per heavy atom. The van der Waals surface area contributed by atoms with Crippen molar-refractivity contribution in [3.63, 3.8) is 0 Å². The molecule has 2 aliphatic rings. The third-order valence-corrected chi connectivity index (χ3v) is 6.33. The SMILES string of the molecule is COc1ccc(C2C(C(=O)c3ccc(F)cc3)C(=O)C(=O)N2CCN2CCOCC2)cc1OC. The van der Waals surface area contributed by atoms with E-state index in [0.717, 1.165) is 25.2 Å². The molecule has 2 aromatic rings. The van der Waals surface area contributed by atoms with Gasteiger partial charge in [0.2, 0.25) is 5.78 Å². The lowest BCUT2D eigenvalue weighted by Crippen LogP contribution is -2.42. The molecule has 180 valence electrons. The van der Waals surface area contributed by atoms with Crippen molar-refractivity contribution in [2.75, 3.05) is 53.6 Å². The summed E-state index contributed by atoms with van der Waals surface area (Å²) in [6, 6.07) is 9.26. The highest BCUT2D eigenvalue weighted by Crippen LogP contribution is 2.41. The number of nitrogens with zero attached hydrogens (tertiary/aromatic N) is 2. The van der Waals surface area contributed by atoms with Crippen LogP contribution in [0, 0.1) is 11.7 Å². The van der Waals surface area contributed by atoms with Crippen LogP contribution in [0.5, 0.6) is 11.5 Å². The smallest absolute Gasteiger partial charge is 0.291 e. The molecule has 0 saturated carbocycles. The Kier molecular flexibility index (Phi) is 7.23. The predicted octanol–water partition coefficient (Wildman–Crippen LogP) is 2.13. The molecule has 1 amide bonds. The van der Waals surface area contributed by atoms with Crippen molar-refractivity contribution in [1.82, 2.24) is 9.80 Å². The molecule has 2 fully saturated rings. The topological polar surface area (TPSA) is 85.4 Å². The second-order valence-corrected chi connectivity index (χ2v) is 8.22. The second kappa shape index (κ2) is 10.3. The van der Waals surface area contributed by atoms with Gasteiger partial charge in [-0.25, -0.2) is 4.39 Å². The summed E-state index contributed by atoms with van der Waals surface area (Å²) in [4.78, 5) is 43.3. The first kappa shape index (κ1) is 23.8. The van der Waals surface area contributed by atoms with Gasteiger partial charge in [0.05, 0.1) is 33.5 Å². The normalized spacial score (nSPS) is 21.1. The number of Topliss-reactive ketones (excluding diaryl/α,β-unsaturated/α-hetero) is 2. The molecular formula is C25H27FN2O6. The van der Waals surface area contributed by atoms with Crippen molar-refractivity contribution in [3.05, 3.63) is 59.4 Å². The molecule has 0 aliphatic carbocycles. The molecule has 0 N–H and O–H groups in total. The minimum Gasteiger partial charge on any atom is -0.493 e. The molecule has 4 rings (SSSR count). The van der Waals surface area contributed by atoms with Gasteiger partial charge in [0.1, 0.15) is 11.7 Å². The van der Waals surface area contributed by atoms with Crippen molar-refractivity contribution >= 4 is 17.5 Å². The van der Waals surface area contributed by atoms with Gasteiger partial charge in [-0.1, -0.05) is 6.07 Å². The van der Waals surface area contributed by atoms with Crippen LogP contribution in [0.2, 0.25) is 0 Å². The number of benzene rings is 2. The van der Waals surface area contributed by atoms with E-state index in [2.05, 4.69) is 4.90 Å². The summed E-state index contributed by atoms with van der Waals surface area (Å²) in [6.07, 6.45) is 0. The van der Waals surface area contributed by atoms with Crippen molar-refractivity contribution in [3.8, 4) is 11.5 Å². The van der Waals surface area contributed by atoms with Gasteiger partial charge in [-0.05, 0) is 42.0 Å². The number of hydrogen-bond donors (Lipinski definition) is 0. The van der Waals surface area contributed by atoms with Crippen LogP contribution < -0.4 is 9.47 Å². The summed E-state index contributed by atoms with van der Waals surface area (Å²) >= 11 is 0. The van der Waals surface area contributed by atoms with Gasteiger partial charge in [-0.15, -0.1) is 0 Å². The van der Waals surface area contributed by atoms with E-state index >= 15 is 0 Å². The first-order chi connectivity index (χ1) is 16.4. The zero-order chi connectivity index (χ0) is 24.2. The number of likely N-dealkylation sites (tertiary alicyclic amines) is 1. The van der Waals surface area contributed by atoms with E-state index in [0.29, 0.717) is 36.8 Å². The predicted molar refractivity (Wildman–Crippen MR) is 120 cm³/mol. The van der Waals surface area contributed by atoms with Gasteiger partial charge in [0.15, 0.2) is 17.3 Å². The highest BCUT2D eigenvalue weighted by Gasteiger charge is 2.51. The summed E-state index contributed by atoms with van der Waals surface area (Å²) in [7, 11) is 3.00. The third kappa shape index (κ3) is 4.67. The van der Waals surface area contributed by atoms with Crippen molar-refractivity contribution in [2.45, 2.75) is 6.04 Å². The van der Waals surface area contributed by atoms with Gasteiger partial charge in [0.25, 0.3) is 5.91 Å². The molecule has 2 heterocycles. The molecule has 2 aromatic carbocycles. The lowest BCUT2D eigenvalue weighted by Gasteiger charge is -2.32. The lowest BCUT2D eigenvalue weighted by molar-refractivity contribution is -0.141. The maximum absolute atomic E-state index is 13.4. The van der Waals surface area contributed by atoms with Crippen LogP contribution in [-0.4, -0.2) is 80.9 Å². The summed E-state index contributed by atoms with van der Waals surface area (Å²) < 4.78 is 29.5. The Balaban J connectivity index is 1.71. The number of rotatable bonds is 8. The lowest BCUT2D eigenvalue weighted by atomic mass is 9.86. The average molecular weight is 470 g/mol. The minimum atomic E-state index is -1.25. The molecular weight excluding hydrogens is 443 g/mol. The van der Waals surface area contributed by atoms with Gasteiger partial charge in [-0.3, -0.25) is 19.3 Å². The van der Waals surface area contributed by atoms with Crippen molar-refractivity contribution in [1.29, 1.82) is 0 Å². The van der Waals surface area contributed by atoms with E-state index in [1.807, 2.05) is 0 Å². The van der Waals surface area contributed by atoms with Crippen LogP contribution in [0.25, 0.3) is 0 Å². The quantitative estimate of drug-likeness (QED) is 0.332. The Morgan fingerprint density at radius 3 is 2.32 bits per heavy atom. The largest absolute Gasteiger partial charge is 0.493 e. The fraction of sp³-hybridized carbons (Fsp3) is 0.400. The number of amides is 1. The molecule has 0 spiro atoms. The van der Waals surface area contributed by atoms with Crippen LogP contribution in [0.3, 0.4) is 0 Å². The summed E-state index contributed by atoms with van der Waals surface area (Å²) in [5.41, 5.74) is 0.757. The van der Waals surface area contributed by atoms with Crippen molar-refractivity contribution < 1.29 is 33.0 Å². The number of carbonyl (C=O) groups is 3. The molecule has 0 aromatic heterocycles. The molecule has 8 nitrogen and oxygen atoms in total. The van der Waals surface area contributed by atoms with Crippen LogP contribution >= 0.6 is 0 Å². The van der Waals surface area contributed by atoms with E-state index in [9.17, 15) is 18.8 Å². The molecule has 2 atom stereocenters. The summed E-state index contributed by atoms with van der Waals surface area (Å²) in [5, 5.41) is 0. The van der Waals surface area contributed by atoms with Crippen LogP contribution in [-0.2, 0) is 14.3 Å². The van der Waals surface area contributed by atoms with E-state index in [-0.39, 0.29) is 12.1 Å². The first-order valence-corrected chi connectivity index (χ1v) is 11.1. The number of halogens is 1. The fourth-order valence-corrected chi connectivity index (χ4v) is 4.50. The molecule has 2 unspecified atom stereocenters. The van der Waals surface area contributed by atoms with Crippen molar-refractivity contribution in [2.24, 2.45) is 5.92 Å². The fourth-order valence-electron chi connectivity index (χ4n) is 4.50. The Bertz CT molecular complexity index is 1070. The zero-order valence-corrected chi connectivity index (χ0v) is 19.2. The number of methoxy groups -OCH3 is 2. The van der Waals surface area contributed by atoms with Gasteiger partial charge >= 0.3 is 0 Å². The Labute approximate surface area is 197 Å². The number of hydrogen-bond acceptors (Lipinski definition) is 7. The standard InChI is InChI=1S/C25H27FN2O6/c1-32-19-8-5-17(15-20(19)33-2)22-21(23(29)16-3-6-18(26)7-4-16)24(30)25(31)28(22)10-9-27-11-13-34-14-12-27/h3-8,15,21-22H,9-14H2,1-2H3. The van der Waals surface area contributed by atoms with Crippen LogP contribution in [0.15, 0.2) is 42.5 Å². The highest BCUT2D eigenvalue weighted by atomic mass is 19.1. The van der Waals surface area contributed by atoms with E-state index in [1.165, 1.54) is 31.3 Å². The monoisotopic (exact) mass is 470 g/mol. The average Bonchev–Trinajstić information content (AvgIpc) is 3.12. The van der Waals surface area contributed by atoms with E-state index < -0.39 is 35.3 Å². The van der Waals surface area contributed by atoms with E-state index in [1.54, 1.807) is 18.2 Å². The highest BCUT2D eigenvalue weighted by molar-refractivity contribution is 6.44. The first-order valence-electron chi connectivity index (χ1n) is 11.1. The van der Waals surface area contributed by atoms with Gasteiger partial charge in [-0.2, -0.15) is 0 Å². The van der Waals surface area contributed by atoms with Crippen LogP contribution in [0.1, 0.15) is 22.0 Å². The maximum Gasteiger partial charge on any atom is 0.291 e. The second-order valence-electron chi connectivity index (χ2n) is 8.22. The molecule has 34 heavy (non-hydrogen) atoms. The molecule has 2 aliphatic heterocycles. The maximum atomic E-state index is 13.4. The summed E-state index contributed by atoms with van der Waals surface area (Å²) in [5.74, 6) is -2.82. The Hall–Kier alpha value is -3.30. The number of ketones is 2. The molecule has 9 heteroatoms. The molecule has 0 bridgehead atoms. The minimum absolute atomic E-state index is 0.174. The number of carbonyl (C=O) groups excluding carboxylic acids is 3. The van der Waals surface area contributed by atoms with Gasteiger partial charge < -0.3 is 19.1 Å². The third-order valence-electron chi connectivity index (χ3n) is 6.33. The molecule has 2 saturated heterocycles. The summed E-state index contributed by atoms with van der Waals surface area (Å²) in [6.45, 7) is 3.50. The van der Waals surface area contributed by atoms with Crippen LogP contribution in [0.4, 0.5) is 4.39 Å². The number of morpholine rings is 1. The van der Waals surface area contributed by atoms with Gasteiger partial charge in [0, 0.05) is 31.7 Å². The van der Waals surface area contributed by atoms with E-state index in [4.69, 9.17) is 14.2 Å². The Morgan fingerprint density at radius 2 is 1.68 bits per heavy atom.